The Morgan fingerprint density at radius 2 is 2.00 bits per heavy atom. The molecule has 1 aromatic carbocycles. The van der Waals surface area contributed by atoms with Gasteiger partial charge in [-0.15, -0.1) is 0 Å². The average Bonchev–Trinajstić information content (AvgIpc) is 2.47. The predicted octanol–water partition coefficient (Wildman–Crippen LogP) is 2.85. The zero-order valence-electron chi connectivity index (χ0n) is 10.7. The Kier molecular flexibility index (Phi) is 2.90. The van der Waals surface area contributed by atoms with Crippen LogP contribution in [-0.2, 0) is 0 Å². The van der Waals surface area contributed by atoms with E-state index >= 15 is 0 Å². The van der Waals surface area contributed by atoms with Crippen LogP contribution in [0.15, 0.2) is 36.8 Å². The molecule has 0 aliphatic heterocycles. The Balaban J connectivity index is 2.12. The molecule has 2 aromatic heterocycles. The molecule has 0 unspecified atom stereocenters. The lowest BCUT2D eigenvalue weighted by atomic mass is 10.2. The maximum atomic E-state index is 13.9. The molecule has 3 rings (SSSR count). The smallest absolute Gasteiger partial charge is 0.259 e. The van der Waals surface area contributed by atoms with Crippen molar-refractivity contribution in [1.29, 1.82) is 0 Å². The van der Waals surface area contributed by atoms with Crippen LogP contribution in [-0.4, -0.2) is 15.0 Å². The van der Waals surface area contributed by atoms with E-state index in [0.717, 1.165) is 5.39 Å². The van der Waals surface area contributed by atoms with E-state index in [1.807, 2.05) is 6.07 Å². The first-order chi connectivity index (χ1) is 9.66. The van der Waals surface area contributed by atoms with Crippen LogP contribution in [0.4, 0.5) is 10.1 Å². The largest absolute Gasteiger partial charge is 0.434 e. The summed E-state index contributed by atoms with van der Waals surface area (Å²) in [7, 11) is 0. The van der Waals surface area contributed by atoms with Crippen LogP contribution in [0.25, 0.3) is 10.9 Å². The van der Waals surface area contributed by atoms with Gasteiger partial charge in [-0.25, -0.2) is 4.98 Å². The van der Waals surface area contributed by atoms with Crippen molar-refractivity contribution >= 4 is 16.6 Å². The lowest BCUT2D eigenvalue weighted by Gasteiger charge is -2.09. The van der Waals surface area contributed by atoms with Crippen LogP contribution >= 0.6 is 0 Å². The third kappa shape index (κ3) is 2.01. The Morgan fingerprint density at radius 1 is 1.15 bits per heavy atom. The highest BCUT2D eigenvalue weighted by Gasteiger charge is 2.13. The Labute approximate surface area is 114 Å². The van der Waals surface area contributed by atoms with E-state index in [2.05, 4.69) is 15.0 Å². The van der Waals surface area contributed by atoms with Gasteiger partial charge in [-0.1, -0.05) is 0 Å². The van der Waals surface area contributed by atoms with Crippen molar-refractivity contribution in [1.82, 2.24) is 15.0 Å². The fraction of sp³-hybridized carbons (Fsp3) is 0.0714. The molecule has 3 aromatic rings. The zero-order valence-corrected chi connectivity index (χ0v) is 10.7. The number of aryl methyl sites for hydroxylation is 1. The molecular weight excluding hydrogens is 259 g/mol. The molecule has 0 atom stereocenters. The molecule has 0 fully saturated rings. The average molecular weight is 270 g/mol. The molecule has 0 bridgehead atoms. The number of hydrogen-bond donors (Lipinski definition) is 1. The summed E-state index contributed by atoms with van der Waals surface area (Å²) >= 11 is 0. The quantitative estimate of drug-likeness (QED) is 0.725. The topological polar surface area (TPSA) is 73.9 Å². The van der Waals surface area contributed by atoms with E-state index in [0.29, 0.717) is 17.0 Å². The number of aromatic nitrogens is 3. The molecule has 100 valence electrons. The normalized spacial score (nSPS) is 10.7. The lowest BCUT2D eigenvalue weighted by molar-refractivity contribution is 0.420. The third-order valence-electron chi connectivity index (χ3n) is 2.90. The number of hydrogen-bond acceptors (Lipinski definition) is 5. The Hall–Kier alpha value is -2.76. The van der Waals surface area contributed by atoms with Crippen molar-refractivity contribution in [3.05, 3.63) is 48.3 Å². The number of benzene rings is 1. The second-order valence-electron chi connectivity index (χ2n) is 4.23. The molecule has 0 saturated carbocycles. The van der Waals surface area contributed by atoms with Crippen LogP contribution in [0.3, 0.4) is 0 Å². The van der Waals surface area contributed by atoms with Crippen molar-refractivity contribution in [2.24, 2.45) is 0 Å². The zero-order chi connectivity index (χ0) is 14.1. The molecule has 0 amide bonds. The van der Waals surface area contributed by atoms with Crippen LogP contribution < -0.4 is 10.5 Å². The van der Waals surface area contributed by atoms with Crippen molar-refractivity contribution in [3.8, 4) is 11.6 Å². The summed E-state index contributed by atoms with van der Waals surface area (Å²) in [5.41, 5.74) is 7.24. The van der Waals surface area contributed by atoms with Crippen LogP contribution in [0, 0.1) is 12.7 Å². The first-order valence-electron chi connectivity index (χ1n) is 5.95. The first-order valence-corrected chi connectivity index (χ1v) is 5.95. The summed E-state index contributed by atoms with van der Waals surface area (Å²) in [4.78, 5) is 11.8. The van der Waals surface area contributed by atoms with Gasteiger partial charge in [0, 0.05) is 17.3 Å². The number of rotatable bonds is 2. The van der Waals surface area contributed by atoms with Gasteiger partial charge in [-0.2, -0.15) is 9.37 Å². The number of nitrogens with two attached hydrogens (primary N) is 1. The molecule has 20 heavy (non-hydrogen) atoms. The monoisotopic (exact) mass is 270 g/mol. The van der Waals surface area contributed by atoms with E-state index < -0.39 is 5.82 Å². The predicted molar refractivity (Wildman–Crippen MR) is 73.0 cm³/mol. The molecule has 2 heterocycles. The number of halogens is 1. The van der Waals surface area contributed by atoms with Gasteiger partial charge in [0.15, 0.2) is 5.75 Å². The minimum atomic E-state index is -0.589. The summed E-state index contributed by atoms with van der Waals surface area (Å²) in [5.74, 6) is -0.325. The minimum absolute atomic E-state index is 0.130. The highest BCUT2D eigenvalue weighted by molar-refractivity contribution is 5.94. The Bertz CT molecular complexity index is 791. The summed E-state index contributed by atoms with van der Waals surface area (Å²) < 4.78 is 19.4. The van der Waals surface area contributed by atoms with Crippen molar-refractivity contribution < 1.29 is 9.13 Å². The van der Waals surface area contributed by atoms with Crippen LogP contribution in [0.1, 0.15) is 5.69 Å². The molecule has 5 nitrogen and oxygen atoms in total. The van der Waals surface area contributed by atoms with Gasteiger partial charge in [0.2, 0.25) is 5.82 Å². The van der Waals surface area contributed by atoms with Gasteiger partial charge >= 0.3 is 0 Å². The molecule has 0 radical (unpaired) electrons. The third-order valence-corrected chi connectivity index (χ3v) is 2.90. The standard InChI is InChI=1S/C14H11FN4O/c1-8-12(15)14(19-7-18-8)20-11-5-4-10(16)9-3-2-6-17-13(9)11/h2-7H,16H2,1H3. The van der Waals surface area contributed by atoms with Crippen LogP contribution in [0.5, 0.6) is 11.6 Å². The van der Waals surface area contributed by atoms with Crippen molar-refractivity contribution in [2.45, 2.75) is 6.92 Å². The number of pyridine rings is 1. The van der Waals surface area contributed by atoms with E-state index in [4.69, 9.17) is 10.5 Å². The fourth-order valence-electron chi connectivity index (χ4n) is 1.86. The van der Waals surface area contributed by atoms with Gasteiger partial charge in [-0.3, -0.25) is 4.98 Å². The number of nitrogen functional groups attached to an aromatic ring is 1. The second-order valence-corrected chi connectivity index (χ2v) is 4.23. The number of fused-ring (bicyclic) bond motifs is 1. The second kappa shape index (κ2) is 4.73. The molecule has 0 aliphatic rings. The fourth-order valence-corrected chi connectivity index (χ4v) is 1.86. The van der Waals surface area contributed by atoms with Gasteiger partial charge in [-0.05, 0) is 31.2 Å². The molecule has 0 saturated heterocycles. The van der Waals surface area contributed by atoms with E-state index in [1.165, 1.54) is 6.33 Å². The minimum Gasteiger partial charge on any atom is -0.434 e. The summed E-state index contributed by atoms with van der Waals surface area (Å²) in [5, 5.41) is 0.746. The number of ether oxygens (including phenoxy) is 1. The van der Waals surface area contributed by atoms with Gasteiger partial charge < -0.3 is 10.5 Å². The van der Waals surface area contributed by atoms with Crippen molar-refractivity contribution in [2.75, 3.05) is 5.73 Å². The van der Waals surface area contributed by atoms with E-state index in [-0.39, 0.29) is 11.6 Å². The summed E-state index contributed by atoms with van der Waals surface area (Å²) in [6, 6.07) is 6.93. The van der Waals surface area contributed by atoms with Gasteiger partial charge in [0.25, 0.3) is 5.88 Å². The summed E-state index contributed by atoms with van der Waals surface area (Å²) in [6.07, 6.45) is 2.87. The Morgan fingerprint density at radius 3 is 2.85 bits per heavy atom. The SMILES string of the molecule is Cc1ncnc(Oc2ccc(N)c3cccnc23)c1F. The first kappa shape index (κ1) is 12.3. The van der Waals surface area contributed by atoms with E-state index in [9.17, 15) is 4.39 Å². The van der Waals surface area contributed by atoms with Gasteiger partial charge in [0.1, 0.15) is 11.8 Å². The molecule has 6 heteroatoms. The summed E-state index contributed by atoms with van der Waals surface area (Å²) in [6.45, 7) is 1.54. The molecular formula is C14H11FN4O. The lowest BCUT2D eigenvalue weighted by Crippen LogP contribution is -1.98. The van der Waals surface area contributed by atoms with Crippen molar-refractivity contribution in [3.63, 3.8) is 0 Å². The highest BCUT2D eigenvalue weighted by Crippen LogP contribution is 2.31. The van der Waals surface area contributed by atoms with Gasteiger partial charge in [0.05, 0.1) is 5.69 Å². The maximum absolute atomic E-state index is 13.9. The number of nitrogens with zero attached hydrogens (tertiary/aromatic N) is 3. The molecule has 0 aliphatic carbocycles. The highest BCUT2D eigenvalue weighted by atomic mass is 19.1. The molecule has 2 N–H and O–H groups in total. The molecule has 0 spiro atoms. The maximum Gasteiger partial charge on any atom is 0.259 e. The number of anilines is 1. The van der Waals surface area contributed by atoms with Crippen LogP contribution in [0.2, 0.25) is 0 Å². The van der Waals surface area contributed by atoms with E-state index in [1.54, 1.807) is 31.3 Å².